The van der Waals surface area contributed by atoms with Crippen LogP contribution < -0.4 is 0 Å². The Hall–Kier alpha value is -8.62. The molecule has 0 radical (unpaired) electrons. The van der Waals surface area contributed by atoms with Gasteiger partial charge in [0.1, 0.15) is 0 Å². The van der Waals surface area contributed by atoms with Crippen LogP contribution in [0.15, 0.2) is 158 Å². The number of phenols is 8. The Morgan fingerprint density at radius 3 is 1.16 bits per heavy atom. The van der Waals surface area contributed by atoms with Crippen LogP contribution in [0.25, 0.3) is 109 Å². The van der Waals surface area contributed by atoms with E-state index in [1.165, 1.54) is 0 Å². The molecule has 8 N–H and O–H groups in total. The minimum absolute atomic E-state index is 0.0176. The SMILES string of the molecule is Oc1c(O)c(O)c2c(-c3cccc(-c4cc5ccc6ccccc6c5c5ccccc45)c3)c3c(O)c(O)c(O)c(O)c3c(-c3cccc(-c4cccc5ccccc45)c3)c2c1O. The van der Waals surface area contributed by atoms with Gasteiger partial charge in [0.25, 0.3) is 0 Å². The zero-order valence-corrected chi connectivity index (χ0v) is 32.6. The highest BCUT2D eigenvalue weighted by Gasteiger charge is 2.32. The molecule has 0 saturated carbocycles. The minimum Gasteiger partial charge on any atom is -0.504 e. The Morgan fingerprint density at radius 1 is 0.226 bits per heavy atom. The molecule has 0 atom stereocenters. The molecule has 62 heavy (non-hydrogen) atoms. The molecule has 11 aromatic carbocycles. The van der Waals surface area contributed by atoms with Crippen LogP contribution in [0.3, 0.4) is 0 Å². The summed E-state index contributed by atoms with van der Waals surface area (Å²) in [4.78, 5) is 0. The van der Waals surface area contributed by atoms with Gasteiger partial charge < -0.3 is 40.9 Å². The van der Waals surface area contributed by atoms with Gasteiger partial charge >= 0.3 is 0 Å². The van der Waals surface area contributed by atoms with Crippen molar-refractivity contribution in [2.24, 2.45) is 0 Å². The molecule has 0 amide bonds. The monoisotopic (exact) mass is 810 g/mol. The van der Waals surface area contributed by atoms with Crippen molar-refractivity contribution in [3.8, 4) is 90.5 Å². The Kier molecular flexibility index (Phi) is 7.91. The molecule has 0 aliphatic rings. The summed E-state index contributed by atoms with van der Waals surface area (Å²) in [6.07, 6.45) is 0. The Balaban J connectivity index is 1.25. The lowest BCUT2D eigenvalue weighted by atomic mass is 9.82. The van der Waals surface area contributed by atoms with Crippen LogP contribution in [0.4, 0.5) is 0 Å². The van der Waals surface area contributed by atoms with Gasteiger partial charge in [0, 0.05) is 32.7 Å². The Bertz CT molecular complexity index is 3650. The molecule has 0 aliphatic carbocycles. The summed E-state index contributed by atoms with van der Waals surface area (Å²) < 4.78 is 0. The van der Waals surface area contributed by atoms with Crippen molar-refractivity contribution in [3.05, 3.63) is 158 Å². The first kappa shape index (κ1) is 36.5. The van der Waals surface area contributed by atoms with Crippen LogP contribution in [0.5, 0.6) is 46.0 Å². The van der Waals surface area contributed by atoms with Crippen molar-refractivity contribution in [2.75, 3.05) is 0 Å². The lowest BCUT2D eigenvalue weighted by Gasteiger charge is -2.23. The molecule has 0 bridgehead atoms. The topological polar surface area (TPSA) is 162 Å². The lowest BCUT2D eigenvalue weighted by Crippen LogP contribution is -1.95. The molecule has 11 aromatic rings. The maximum absolute atomic E-state index is 11.9. The largest absolute Gasteiger partial charge is 0.504 e. The van der Waals surface area contributed by atoms with Gasteiger partial charge in [0.2, 0.25) is 23.0 Å². The third-order valence-electron chi connectivity index (χ3n) is 12.3. The maximum Gasteiger partial charge on any atom is 0.204 e. The van der Waals surface area contributed by atoms with Crippen LogP contribution in [0.2, 0.25) is 0 Å². The van der Waals surface area contributed by atoms with Crippen LogP contribution in [0.1, 0.15) is 0 Å². The number of phenolic OH excluding ortho intramolecular Hbond substituents is 8. The van der Waals surface area contributed by atoms with Crippen LogP contribution in [-0.4, -0.2) is 40.9 Å². The van der Waals surface area contributed by atoms with Crippen molar-refractivity contribution in [1.82, 2.24) is 0 Å². The second kappa shape index (κ2) is 13.5. The Morgan fingerprint density at radius 2 is 0.613 bits per heavy atom. The van der Waals surface area contributed by atoms with E-state index in [0.717, 1.165) is 65.3 Å². The summed E-state index contributed by atoms with van der Waals surface area (Å²) in [6.45, 7) is 0. The van der Waals surface area contributed by atoms with Crippen molar-refractivity contribution >= 4 is 64.6 Å². The van der Waals surface area contributed by atoms with E-state index in [1.54, 1.807) is 30.3 Å². The zero-order valence-electron chi connectivity index (χ0n) is 32.6. The van der Waals surface area contributed by atoms with Crippen LogP contribution in [-0.2, 0) is 0 Å². The third kappa shape index (κ3) is 5.13. The van der Waals surface area contributed by atoms with Crippen LogP contribution in [0, 0.1) is 0 Å². The van der Waals surface area contributed by atoms with E-state index in [2.05, 4.69) is 36.4 Å². The number of benzene rings is 11. The number of rotatable bonds is 4. The highest BCUT2D eigenvalue weighted by Crippen LogP contribution is 2.62. The van der Waals surface area contributed by atoms with Gasteiger partial charge in [-0.05, 0) is 94.7 Å². The van der Waals surface area contributed by atoms with Crippen molar-refractivity contribution in [1.29, 1.82) is 0 Å². The van der Waals surface area contributed by atoms with Crippen molar-refractivity contribution < 1.29 is 40.9 Å². The van der Waals surface area contributed by atoms with E-state index in [-0.39, 0.29) is 32.7 Å². The summed E-state index contributed by atoms with van der Waals surface area (Å²) in [5, 5.41) is 99.7. The summed E-state index contributed by atoms with van der Waals surface area (Å²) in [6, 6.07) is 50.6. The van der Waals surface area contributed by atoms with Gasteiger partial charge in [-0.3, -0.25) is 0 Å². The fraction of sp³-hybridized carbons (Fsp3) is 0. The first-order valence-electron chi connectivity index (χ1n) is 19.9. The zero-order chi connectivity index (χ0) is 42.6. The fourth-order valence-electron chi connectivity index (χ4n) is 9.48. The van der Waals surface area contributed by atoms with E-state index >= 15 is 0 Å². The van der Waals surface area contributed by atoms with E-state index < -0.39 is 46.0 Å². The standard InChI is InChI=1S/C54H34O8/c55-47-43-41(31-15-7-13-29(24-31)35-21-9-12-27-10-1-3-17-34(27)35)44-46(50(58)54(62)52(60)48(44)56)42(45(43)49(57)53(61)51(47)59)32-16-8-14-30(25-32)39-26-33-23-22-28-11-2-4-18-36(28)40(33)38-20-6-5-19-37(38)39/h1-26,55-62H. The summed E-state index contributed by atoms with van der Waals surface area (Å²) in [5.41, 5.74) is 3.80. The average Bonchev–Trinajstić information content (AvgIpc) is 3.32. The van der Waals surface area contributed by atoms with Gasteiger partial charge in [0.05, 0.1) is 0 Å². The molecule has 11 rings (SSSR count). The van der Waals surface area contributed by atoms with Gasteiger partial charge in [-0.1, -0.05) is 140 Å². The predicted octanol–water partition coefficient (Wildman–Crippen LogP) is 12.9. The number of hydrogen-bond acceptors (Lipinski definition) is 8. The second-order valence-electron chi connectivity index (χ2n) is 15.6. The number of aromatic hydroxyl groups is 8. The van der Waals surface area contributed by atoms with E-state index in [0.29, 0.717) is 11.1 Å². The smallest absolute Gasteiger partial charge is 0.204 e. The van der Waals surface area contributed by atoms with Gasteiger partial charge in [-0.25, -0.2) is 0 Å². The number of hydrogen-bond donors (Lipinski definition) is 8. The number of fused-ring (bicyclic) bond motifs is 8. The summed E-state index contributed by atoms with van der Waals surface area (Å²) in [5.74, 6) is -7.44. The molecule has 0 unspecified atom stereocenters. The van der Waals surface area contributed by atoms with E-state index in [4.69, 9.17) is 0 Å². The molecule has 0 fully saturated rings. The Labute approximate surface area is 352 Å². The lowest BCUT2D eigenvalue weighted by molar-refractivity contribution is 0.350. The van der Waals surface area contributed by atoms with Gasteiger partial charge in [-0.2, -0.15) is 0 Å². The molecule has 0 saturated heterocycles. The molecule has 8 heteroatoms. The first-order chi connectivity index (χ1) is 30.1. The molecule has 8 nitrogen and oxygen atoms in total. The van der Waals surface area contributed by atoms with Crippen molar-refractivity contribution in [3.63, 3.8) is 0 Å². The summed E-state index contributed by atoms with van der Waals surface area (Å²) >= 11 is 0. The normalized spacial score (nSPS) is 11.7. The second-order valence-corrected chi connectivity index (χ2v) is 15.6. The fourth-order valence-corrected chi connectivity index (χ4v) is 9.48. The van der Waals surface area contributed by atoms with E-state index in [1.807, 2.05) is 91.0 Å². The predicted molar refractivity (Wildman–Crippen MR) is 247 cm³/mol. The molecule has 0 heterocycles. The molecule has 0 aromatic heterocycles. The van der Waals surface area contributed by atoms with Gasteiger partial charge in [-0.15, -0.1) is 0 Å². The van der Waals surface area contributed by atoms with Crippen LogP contribution >= 0.6 is 0 Å². The van der Waals surface area contributed by atoms with Crippen molar-refractivity contribution in [2.45, 2.75) is 0 Å². The molecule has 298 valence electrons. The quantitative estimate of drug-likeness (QED) is 0.0377. The first-order valence-corrected chi connectivity index (χ1v) is 19.9. The molecular formula is C54H34O8. The summed E-state index contributed by atoms with van der Waals surface area (Å²) in [7, 11) is 0. The third-order valence-corrected chi connectivity index (χ3v) is 12.3. The van der Waals surface area contributed by atoms with E-state index in [9.17, 15) is 40.9 Å². The minimum atomic E-state index is -1.03. The molecule has 0 aliphatic heterocycles. The molecular weight excluding hydrogens is 777 g/mol. The molecule has 0 spiro atoms. The highest BCUT2D eigenvalue weighted by molar-refractivity contribution is 6.29. The average molecular weight is 811 g/mol. The highest BCUT2D eigenvalue weighted by atomic mass is 16.4. The van der Waals surface area contributed by atoms with Gasteiger partial charge in [0.15, 0.2) is 23.0 Å². The maximum atomic E-state index is 11.9.